The second-order valence-corrected chi connectivity index (χ2v) is 6.71. The van der Waals surface area contributed by atoms with Gasteiger partial charge in [0.25, 0.3) is 0 Å². The van der Waals surface area contributed by atoms with Gasteiger partial charge >= 0.3 is 23.9 Å². The van der Waals surface area contributed by atoms with E-state index in [0.29, 0.717) is 0 Å². The summed E-state index contributed by atoms with van der Waals surface area (Å²) < 4.78 is 0. The van der Waals surface area contributed by atoms with E-state index in [-0.39, 0.29) is 55.2 Å². The monoisotopic (exact) mass is 432 g/mol. The molecule has 10 heteroatoms. The van der Waals surface area contributed by atoms with Gasteiger partial charge in [-0.15, -0.1) is 0 Å². The van der Waals surface area contributed by atoms with Crippen LogP contribution < -0.4 is 0 Å². The summed E-state index contributed by atoms with van der Waals surface area (Å²) in [5, 5.41) is 38.0. The fraction of sp³-hybridized carbons (Fsp3) is 0. The maximum atomic E-state index is 11.7. The lowest BCUT2D eigenvalue weighted by Crippen LogP contribution is -2.07. The van der Waals surface area contributed by atoms with Crippen molar-refractivity contribution < 1.29 is 39.6 Å². The normalized spacial score (nSPS) is 10.9. The Kier molecular flexibility index (Phi) is 4.74. The Morgan fingerprint density at radius 2 is 0.812 bits per heavy atom. The van der Waals surface area contributed by atoms with Crippen LogP contribution in [-0.4, -0.2) is 54.3 Å². The Hall–Kier alpha value is -4.86. The van der Waals surface area contributed by atoms with Crippen molar-refractivity contribution in [2.45, 2.75) is 0 Å². The van der Waals surface area contributed by atoms with Gasteiger partial charge in [-0.3, -0.25) is 9.97 Å². The number of hydrogen-bond acceptors (Lipinski definition) is 6. The minimum atomic E-state index is -1.35. The highest BCUT2D eigenvalue weighted by Gasteiger charge is 2.23. The summed E-state index contributed by atoms with van der Waals surface area (Å²) in [5.41, 5.74) is -0.497. The third-order valence-corrected chi connectivity index (χ3v) is 5.00. The molecule has 0 aliphatic rings. The second kappa shape index (κ2) is 7.43. The van der Waals surface area contributed by atoms with Gasteiger partial charge in [-0.05, 0) is 24.3 Å². The number of carbonyl (C=O) groups is 4. The van der Waals surface area contributed by atoms with Crippen molar-refractivity contribution in [3.8, 4) is 11.1 Å². The van der Waals surface area contributed by atoms with Crippen LogP contribution in [0.15, 0.2) is 48.8 Å². The molecule has 32 heavy (non-hydrogen) atoms. The number of carboxylic acids is 4. The number of aromatic nitrogens is 2. The highest BCUT2D eigenvalue weighted by Crippen LogP contribution is 2.37. The van der Waals surface area contributed by atoms with Gasteiger partial charge in [0.15, 0.2) is 0 Å². The van der Waals surface area contributed by atoms with Crippen LogP contribution in [0.5, 0.6) is 0 Å². The first-order valence-electron chi connectivity index (χ1n) is 8.99. The van der Waals surface area contributed by atoms with Crippen molar-refractivity contribution in [3.63, 3.8) is 0 Å². The van der Waals surface area contributed by atoms with Crippen molar-refractivity contribution >= 4 is 45.7 Å². The summed E-state index contributed by atoms with van der Waals surface area (Å²) in [4.78, 5) is 55.3. The quantitative estimate of drug-likeness (QED) is 0.366. The fourth-order valence-electron chi connectivity index (χ4n) is 3.68. The number of carboxylic acid groups (broad SMARTS) is 4. The van der Waals surface area contributed by atoms with Gasteiger partial charge in [0.2, 0.25) is 0 Å². The molecule has 4 N–H and O–H groups in total. The summed E-state index contributed by atoms with van der Waals surface area (Å²) in [6.45, 7) is 0. The zero-order valence-corrected chi connectivity index (χ0v) is 15.9. The van der Waals surface area contributed by atoms with Gasteiger partial charge in [0, 0.05) is 34.3 Å². The first-order chi connectivity index (χ1) is 15.2. The number of aromatic carboxylic acids is 4. The van der Waals surface area contributed by atoms with Gasteiger partial charge in [0.1, 0.15) is 0 Å². The number of nitrogens with zero attached hydrogens (tertiary/aromatic N) is 2. The number of hydrogen-bond donors (Lipinski definition) is 4. The maximum absolute atomic E-state index is 11.7. The molecule has 4 rings (SSSR count). The zero-order valence-electron chi connectivity index (χ0n) is 15.9. The lowest BCUT2D eigenvalue weighted by molar-refractivity contribution is 0.0681. The molecule has 2 aromatic carbocycles. The van der Waals surface area contributed by atoms with Crippen LogP contribution in [0.2, 0.25) is 0 Å². The molecule has 0 amide bonds. The predicted octanol–water partition coefficient (Wildman–Crippen LogP) is 3.24. The van der Waals surface area contributed by atoms with Crippen molar-refractivity contribution in [2.75, 3.05) is 0 Å². The molecule has 0 aliphatic carbocycles. The molecule has 0 spiro atoms. The summed E-state index contributed by atoms with van der Waals surface area (Å²) in [6, 6.07) is 7.57. The Morgan fingerprint density at radius 1 is 0.500 bits per heavy atom. The molecule has 4 aromatic rings. The second-order valence-electron chi connectivity index (χ2n) is 6.71. The van der Waals surface area contributed by atoms with Gasteiger partial charge in [-0.1, -0.05) is 12.1 Å². The minimum absolute atomic E-state index is 0.0386. The molecule has 0 saturated carbocycles. The molecule has 0 bridgehead atoms. The molecule has 2 heterocycles. The predicted molar refractivity (Wildman–Crippen MR) is 110 cm³/mol. The number of pyridine rings is 2. The molecular formula is C22H12N2O8. The van der Waals surface area contributed by atoms with Crippen LogP contribution in [0.3, 0.4) is 0 Å². The third kappa shape index (κ3) is 3.06. The minimum Gasteiger partial charge on any atom is -0.478 e. The summed E-state index contributed by atoms with van der Waals surface area (Å²) >= 11 is 0. The molecule has 0 saturated heterocycles. The van der Waals surface area contributed by atoms with E-state index in [4.69, 9.17) is 0 Å². The van der Waals surface area contributed by atoms with Crippen LogP contribution in [-0.2, 0) is 0 Å². The van der Waals surface area contributed by atoms with E-state index >= 15 is 0 Å². The number of rotatable bonds is 5. The van der Waals surface area contributed by atoms with Gasteiger partial charge < -0.3 is 20.4 Å². The Morgan fingerprint density at radius 3 is 1.12 bits per heavy atom. The van der Waals surface area contributed by atoms with Crippen molar-refractivity contribution in [2.24, 2.45) is 0 Å². The average molecular weight is 432 g/mol. The fourth-order valence-corrected chi connectivity index (χ4v) is 3.68. The smallest absolute Gasteiger partial charge is 0.336 e. The van der Waals surface area contributed by atoms with Gasteiger partial charge in [-0.2, -0.15) is 0 Å². The molecule has 0 radical (unpaired) electrons. The van der Waals surface area contributed by atoms with Crippen molar-refractivity contribution in [3.05, 3.63) is 71.0 Å². The van der Waals surface area contributed by atoms with E-state index in [9.17, 15) is 39.6 Å². The van der Waals surface area contributed by atoms with Crippen molar-refractivity contribution in [1.29, 1.82) is 0 Å². The Labute approximate surface area is 178 Å². The molecule has 0 unspecified atom stereocenters. The molecule has 10 nitrogen and oxygen atoms in total. The van der Waals surface area contributed by atoms with E-state index in [2.05, 4.69) is 9.97 Å². The van der Waals surface area contributed by atoms with Crippen LogP contribution in [0, 0.1) is 0 Å². The first-order valence-corrected chi connectivity index (χ1v) is 8.99. The molecule has 2 aromatic heterocycles. The van der Waals surface area contributed by atoms with Gasteiger partial charge in [-0.25, -0.2) is 19.2 Å². The highest BCUT2D eigenvalue weighted by molar-refractivity contribution is 6.18. The lowest BCUT2D eigenvalue weighted by atomic mass is 9.92. The first kappa shape index (κ1) is 20.4. The Bertz CT molecular complexity index is 1340. The Balaban J connectivity index is 2.19. The van der Waals surface area contributed by atoms with Crippen LogP contribution >= 0.6 is 0 Å². The summed E-state index contributed by atoms with van der Waals surface area (Å²) in [7, 11) is 0. The van der Waals surface area contributed by atoms with Crippen molar-refractivity contribution in [1.82, 2.24) is 9.97 Å². The molecule has 0 atom stereocenters. The summed E-state index contributed by atoms with van der Waals surface area (Å²) in [5.74, 6) is -5.41. The maximum Gasteiger partial charge on any atom is 0.336 e. The topological polar surface area (TPSA) is 175 Å². The molecule has 158 valence electrons. The largest absolute Gasteiger partial charge is 0.478 e. The van der Waals surface area contributed by atoms with E-state index in [0.717, 1.165) is 0 Å². The molecule has 0 fully saturated rings. The highest BCUT2D eigenvalue weighted by atomic mass is 16.4. The number of fused-ring (bicyclic) bond motifs is 2. The van der Waals surface area contributed by atoms with Gasteiger partial charge in [0.05, 0.1) is 33.3 Å². The van der Waals surface area contributed by atoms with E-state index in [1.807, 2.05) is 0 Å². The number of benzene rings is 2. The van der Waals surface area contributed by atoms with Crippen LogP contribution in [0.1, 0.15) is 41.4 Å². The van der Waals surface area contributed by atoms with Crippen LogP contribution in [0.25, 0.3) is 32.9 Å². The third-order valence-electron chi connectivity index (χ3n) is 5.00. The van der Waals surface area contributed by atoms with E-state index in [1.165, 1.54) is 48.8 Å². The van der Waals surface area contributed by atoms with Crippen LogP contribution in [0.4, 0.5) is 0 Å². The lowest BCUT2D eigenvalue weighted by Gasteiger charge is -2.14. The van der Waals surface area contributed by atoms with E-state index < -0.39 is 23.9 Å². The van der Waals surface area contributed by atoms with E-state index in [1.54, 1.807) is 0 Å². The SMILES string of the molecule is O=C(O)c1ccnc2c(-c3ccc(C(=O)O)c4c(C(=O)O)ccnc34)ccc(C(=O)O)c12. The standard InChI is InChI=1S/C22H12N2O8/c25-19(26)11-3-1-9(17-15(11)13(21(29)30)5-7-23-17)10-2-4-12(20(27)28)16-14(22(31)32)6-8-24-18(10)16/h1-8H,(H,25,26)(H,27,28)(H,29,30)(H,31,32). The zero-order chi connectivity index (χ0) is 23.2. The molecular weight excluding hydrogens is 420 g/mol. The average Bonchev–Trinajstić information content (AvgIpc) is 2.76. The summed E-state index contributed by atoms with van der Waals surface area (Å²) in [6.07, 6.45) is 2.43. The molecule has 0 aliphatic heterocycles.